The van der Waals surface area contributed by atoms with Gasteiger partial charge in [0.15, 0.2) is 0 Å². The smallest absolute Gasteiger partial charge is 0.231 e. The van der Waals surface area contributed by atoms with E-state index in [9.17, 15) is 14.0 Å². The number of carbonyl (C=O) groups excluding carboxylic acids is 2. The number of anilines is 1. The van der Waals surface area contributed by atoms with Gasteiger partial charge in [0.2, 0.25) is 11.8 Å². The van der Waals surface area contributed by atoms with Crippen molar-refractivity contribution in [3.63, 3.8) is 0 Å². The van der Waals surface area contributed by atoms with E-state index in [4.69, 9.17) is 10.8 Å². The Kier molecular flexibility index (Phi) is 4.34. The molecule has 0 spiro atoms. The van der Waals surface area contributed by atoms with Gasteiger partial charge in [-0.25, -0.2) is 4.39 Å². The number of amides is 2. The first kappa shape index (κ1) is 15.8. The lowest BCUT2D eigenvalue weighted by atomic mass is 9.89. The molecular weight excluding hydrogens is 311 g/mol. The zero-order valence-corrected chi connectivity index (χ0v) is 12.8. The van der Waals surface area contributed by atoms with E-state index in [1.165, 1.54) is 29.4 Å². The second kappa shape index (κ2) is 6.59. The van der Waals surface area contributed by atoms with E-state index in [0.717, 1.165) is 0 Å². The van der Waals surface area contributed by atoms with Gasteiger partial charge in [0, 0.05) is 12.1 Å². The lowest BCUT2D eigenvalue weighted by molar-refractivity contribution is -0.135. The Morgan fingerprint density at radius 1 is 1.46 bits per heavy atom. The minimum absolute atomic E-state index is 0.0471. The molecule has 1 aliphatic heterocycles. The summed E-state index contributed by atoms with van der Waals surface area (Å²) in [5.74, 6) is 1.17. The van der Waals surface area contributed by atoms with E-state index in [2.05, 4.69) is 11.2 Å². The van der Waals surface area contributed by atoms with Gasteiger partial charge in [0.1, 0.15) is 11.6 Å². The maximum absolute atomic E-state index is 13.6. The molecule has 2 amide bonds. The van der Waals surface area contributed by atoms with Crippen molar-refractivity contribution in [2.75, 3.05) is 11.9 Å². The van der Waals surface area contributed by atoms with Crippen LogP contribution in [-0.2, 0) is 16.1 Å². The van der Waals surface area contributed by atoms with E-state index < -0.39 is 11.7 Å². The molecule has 1 aliphatic rings. The predicted octanol–water partition coefficient (Wildman–Crippen LogP) is 2.51. The topological polar surface area (TPSA) is 62.6 Å². The highest BCUT2D eigenvalue weighted by Gasteiger charge is 2.34. The van der Waals surface area contributed by atoms with Crippen molar-refractivity contribution in [3.8, 4) is 12.3 Å². The van der Waals surface area contributed by atoms with Gasteiger partial charge in [0.25, 0.3) is 0 Å². The van der Waals surface area contributed by atoms with Crippen LogP contribution in [0.2, 0.25) is 0 Å². The second-order valence-corrected chi connectivity index (χ2v) is 5.51. The van der Waals surface area contributed by atoms with Crippen LogP contribution in [0.1, 0.15) is 23.7 Å². The lowest BCUT2D eigenvalue weighted by Gasteiger charge is -2.29. The third kappa shape index (κ3) is 3.15. The van der Waals surface area contributed by atoms with Gasteiger partial charge in [-0.05, 0) is 35.9 Å². The summed E-state index contributed by atoms with van der Waals surface area (Å²) >= 11 is 0. The number of hydrogen-bond acceptors (Lipinski definition) is 3. The van der Waals surface area contributed by atoms with Crippen LogP contribution in [0.4, 0.5) is 10.1 Å². The number of carbonyl (C=O) groups is 2. The van der Waals surface area contributed by atoms with Crippen LogP contribution in [-0.4, -0.2) is 23.3 Å². The Hall–Kier alpha value is -3.07. The summed E-state index contributed by atoms with van der Waals surface area (Å²) < 4.78 is 18.9. The summed E-state index contributed by atoms with van der Waals surface area (Å²) in [6.45, 7) is 0.265. The van der Waals surface area contributed by atoms with Crippen molar-refractivity contribution in [1.29, 1.82) is 0 Å². The number of nitrogens with one attached hydrogen (secondary N) is 1. The van der Waals surface area contributed by atoms with Crippen LogP contribution in [0.15, 0.2) is 41.0 Å². The first-order valence-corrected chi connectivity index (χ1v) is 7.42. The number of rotatable bonds is 4. The van der Waals surface area contributed by atoms with E-state index in [0.29, 0.717) is 17.0 Å². The second-order valence-electron chi connectivity index (χ2n) is 5.51. The number of terminal acetylenes is 1. The van der Waals surface area contributed by atoms with Gasteiger partial charge in [-0.2, -0.15) is 0 Å². The molecule has 0 aliphatic carbocycles. The van der Waals surface area contributed by atoms with Crippen molar-refractivity contribution >= 4 is 17.5 Å². The summed E-state index contributed by atoms with van der Waals surface area (Å²) in [7, 11) is 0. The molecular formula is C18H15FN2O3. The fraction of sp³-hybridized carbons (Fsp3) is 0.222. The van der Waals surface area contributed by atoms with Crippen molar-refractivity contribution in [2.24, 2.45) is 0 Å². The summed E-state index contributed by atoms with van der Waals surface area (Å²) in [5.41, 5.74) is 0.908. The molecule has 24 heavy (non-hydrogen) atoms. The number of benzene rings is 1. The van der Waals surface area contributed by atoms with Crippen LogP contribution in [0.25, 0.3) is 0 Å². The molecule has 6 heteroatoms. The Labute approximate surface area is 138 Å². The van der Waals surface area contributed by atoms with Crippen LogP contribution in [0.5, 0.6) is 0 Å². The summed E-state index contributed by atoms with van der Waals surface area (Å²) in [6, 6.07) is 7.43. The maximum Gasteiger partial charge on any atom is 0.231 e. The van der Waals surface area contributed by atoms with Crippen molar-refractivity contribution in [1.82, 2.24) is 4.90 Å². The Bertz CT molecular complexity index is 808. The zero-order chi connectivity index (χ0) is 17.1. The van der Waals surface area contributed by atoms with E-state index in [1.54, 1.807) is 12.1 Å². The molecule has 1 atom stereocenters. The standard InChI is InChI=1S/C18H15FN2O3/c1-2-7-21(11-13-4-3-8-24-13)18(23)15-10-17(22)20-16-6-5-12(19)9-14(15)16/h1,3-6,8-9,15H,7,10-11H2,(H,20,22). The molecule has 0 bridgehead atoms. The highest BCUT2D eigenvalue weighted by Crippen LogP contribution is 2.34. The molecule has 1 N–H and O–H groups in total. The van der Waals surface area contributed by atoms with Crippen LogP contribution in [0.3, 0.4) is 0 Å². The number of halogens is 1. The Morgan fingerprint density at radius 2 is 2.29 bits per heavy atom. The molecule has 1 aromatic heterocycles. The first-order valence-electron chi connectivity index (χ1n) is 7.42. The van der Waals surface area contributed by atoms with Gasteiger partial charge in [-0.3, -0.25) is 9.59 Å². The van der Waals surface area contributed by atoms with E-state index >= 15 is 0 Å². The largest absolute Gasteiger partial charge is 0.467 e. The average Bonchev–Trinajstić information content (AvgIpc) is 3.06. The third-order valence-electron chi connectivity index (χ3n) is 3.87. The van der Waals surface area contributed by atoms with Gasteiger partial charge in [-0.1, -0.05) is 5.92 Å². The summed E-state index contributed by atoms with van der Waals surface area (Å²) in [6.07, 6.45) is 6.82. The minimum Gasteiger partial charge on any atom is -0.467 e. The van der Waals surface area contributed by atoms with Crippen molar-refractivity contribution < 1.29 is 18.4 Å². The van der Waals surface area contributed by atoms with Gasteiger partial charge >= 0.3 is 0 Å². The van der Waals surface area contributed by atoms with Crippen molar-refractivity contribution in [3.05, 3.63) is 53.7 Å². The highest BCUT2D eigenvalue weighted by atomic mass is 19.1. The molecule has 0 saturated heterocycles. The first-order chi connectivity index (χ1) is 11.6. The van der Waals surface area contributed by atoms with E-state index in [-0.39, 0.29) is 31.3 Å². The van der Waals surface area contributed by atoms with Crippen molar-refractivity contribution in [2.45, 2.75) is 18.9 Å². The fourth-order valence-electron chi connectivity index (χ4n) is 2.79. The quantitative estimate of drug-likeness (QED) is 0.878. The molecule has 0 radical (unpaired) electrons. The highest BCUT2D eigenvalue weighted by molar-refractivity contribution is 6.01. The summed E-state index contributed by atoms with van der Waals surface area (Å²) in [4.78, 5) is 26.2. The predicted molar refractivity (Wildman–Crippen MR) is 85.3 cm³/mol. The van der Waals surface area contributed by atoms with Crippen LogP contribution < -0.4 is 5.32 Å². The molecule has 122 valence electrons. The molecule has 0 fully saturated rings. The molecule has 1 unspecified atom stereocenters. The fourth-order valence-corrected chi connectivity index (χ4v) is 2.79. The average molecular weight is 326 g/mol. The number of furan rings is 1. The number of nitrogens with zero attached hydrogens (tertiary/aromatic N) is 1. The number of fused-ring (bicyclic) bond motifs is 1. The SMILES string of the molecule is C#CCN(Cc1ccco1)C(=O)C1CC(=O)Nc2ccc(F)cc21. The molecule has 0 saturated carbocycles. The normalized spacial score (nSPS) is 16.0. The van der Waals surface area contributed by atoms with Gasteiger partial charge in [0.05, 0.1) is 25.3 Å². The molecule has 3 rings (SSSR count). The minimum atomic E-state index is -0.771. The monoisotopic (exact) mass is 326 g/mol. The van der Waals surface area contributed by atoms with Crippen LogP contribution in [0, 0.1) is 18.2 Å². The Balaban J connectivity index is 1.91. The van der Waals surface area contributed by atoms with E-state index in [1.807, 2.05) is 0 Å². The molecule has 2 aromatic rings. The van der Waals surface area contributed by atoms with Gasteiger partial charge in [-0.15, -0.1) is 6.42 Å². The Morgan fingerprint density at radius 3 is 3.00 bits per heavy atom. The molecule has 2 heterocycles. The maximum atomic E-state index is 13.6. The molecule has 5 nitrogen and oxygen atoms in total. The summed E-state index contributed by atoms with van der Waals surface area (Å²) in [5, 5.41) is 2.65. The third-order valence-corrected chi connectivity index (χ3v) is 3.87. The van der Waals surface area contributed by atoms with Crippen LogP contribution >= 0.6 is 0 Å². The molecule has 1 aromatic carbocycles. The zero-order valence-electron chi connectivity index (χ0n) is 12.8. The lowest BCUT2D eigenvalue weighted by Crippen LogP contribution is -2.38. The van der Waals surface area contributed by atoms with Gasteiger partial charge < -0.3 is 14.6 Å². The number of hydrogen-bond donors (Lipinski definition) is 1.